The van der Waals surface area contributed by atoms with Crippen LogP contribution < -0.4 is 0 Å². The van der Waals surface area contributed by atoms with Gasteiger partial charge in [0.25, 0.3) is 0 Å². The normalized spacial score (nSPS) is 11.8. The monoisotopic (exact) mass is 244 g/mol. The fourth-order valence-electron chi connectivity index (χ4n) is 2.02. The lowest BCUT2D eigenvalue weighted by molar-refractivity contribution is 0.439. The third-order valence-electron chi connectivity index (χ3n) is 3.11. The van der Waals surface area contributed by atoms with Crippen molar-refractivity contribution in [1.29, 1.82) is 0 Å². The van der Waals surface area contributed by atoms with Crippen molar-refractivity contribution >= 4 is 0 Å². The molecule has 0 spiro atoms. The molecule has 2 aromatic rings. The predicted octanol–water partition coefficient (Wildman–Crippen LogP) is 3.57. The zero-order chi connectivity index (χ0) is 13.3. The molecule has 1 aromatic heterocycles. The van der Waals surface area contributed by atoms with Gasteiger partial charge in [0.15, 0.2) is 0 Å². The summed E-state index contributed by atoms with van der Waals surface area (Å²) in [5.74, 6) is 0.0757. The van der Waals surface area contributed by atoms with Crippen molar-refractivity contribution in [2.45, 2.75) is 39.7 Å². The summed E-state index contributed by atoms with van der Waals surface area (Å²) in [7, 11) is 0. The summed E-state index contributed by atoms with van der Waals surface area (Å²) in [5.41, 5.74) is 3.50. The Morgan fingerprint density at radius 3 is 2.28 bits per heavy atom. The molecule has 0 bridgehead atoms. The molecule has 1 heterocycles. The first kappa shape index (κ1) is 12.7. The van der Waals surface area contributed by atoms with Crippen molar-refractivity contribution in [2.75, 3.05) is 0 Å². The topological polar surface area (TPSA) is 38.0 Å². The molecular weight excluding hydrogens is 224 g/mol. The summed E-state index contributed by atoms with van der Waals surface area (Å²) < 4.78 is 1.81. The first-order chi connectivity index (χ1) is 8.41. The molecule has 1 aromatic carbocycles. The van der Waals surface area contributed by atoms with Gasteiger partial charge < -0.3 is 5.11 Å². The maximum Gasteiger partial charge on any atom is 0.230 e. The Kier molecular flexibility index (Phi) is 3.16. The molecule has 0 atom stereocenters. The Morgan fingerprint density at radius 1 is 1.17 bits per heavy atom. The highest BCUT2D eigenvalue weighted by Crippen LogP contribution is 2.27. The van der Waals surface area contributed by atoms with E-state index in [1.54, 1.807) is 10.7 Å². The number of benzene rings is 1. The Balaban J connectivity index is 2.40. The van der Waals surface area contributed by atoms with Gasteiger partial charge in [-0.2, -0.15) is 0 Å². The Labute approximate surface area is 108 Å². The summed E-state index contributed by atoms with van der Waals surface area (Å²) in [6.45, 7) is 9.36. The van der Waals surface area contributed by atoms with Crippen molar-refractivity contribution in [3.8, 4) is 17.1 Å². The summed E-state index contributed by atoms with van der Waals surface area (Å²) in [6, 6.07) is 10.2. The molecule has 0 unspecified atom stereocenters. The van der Waals surface area contributed by atoms with Gasteiger partial charge in [-0.15, -0.1) is 5.10 Å². The van der Waals surface area contributed by atoms with Gasteiger partial charge in [-0.05, 0) is 23.5 Å². The van der Waals surface area contributed by atoms with E-state index in [1.807, 2.05) is 6.92 Å². The maximum atomic E-state index is 9.48. The van der Waals surface area contributed by atoms with Crippen LogP contribution in [-0.2, 0) is 12.0 Å². The second kappa shape index (κ2) is 4.48. The third kappa shape index (κ3) is 2.40. The molecule has 3 heteroatoms. The van der Waals surface area contributed by atoms with E-state index in [2.05, 4.69) is 50.1 Å². The highest BCUT2D eigenvalue weighted by atomic mass is 16.3. The lowest BCUT2D eigenvalue weighted by Crippen LogP contribution is -2.10. The quantitative estimate of drug-likeness (QED) is 0.877. The number of nitrogens with zero attached hydrogens (tertiary/aromatic N) is 2. The van der Waals surface area contributed by atoms with Gasteiger partial charge in [0.05, 0.1) is 5.69 Å². The highest BCUT2D eigenvalue weighted by Gasteiger charge is 2.14. The molecule has 0 fully saturated rings. The van der Waals surface area contributed by atoms with Crippen LogP contribution in [0.2, 0.25) is 0 Å². The van der Waals surface area contributed by atoms with E-state index in [0.29, 0.717) is 0 Å². The number of aromatic nitrogens is 2. The van der Waals surface area contributed by atoms with Crippen molar-refractivity contribution in [3.05, 3.63) is 35.9 Å². The molecule has 0 aliphatic carbocycles. The average molecular weight is 244 g/mol. The van der Waals surface area contributed by atoms with Gasteiger partial charge in [0.2, 0.25) is 5.88 Å². The first-order valence-corrected chi connectivity index (χ1v) is 6.29. The van der Waals surface area contributed by atoms with Gasteiger partial charge in [-0.25, -0.2) is 0 Å². The molecule has 1 N–H and O–H groups in total. The zero-order valence-corrected chi connectivity index (χ0v) is 11.4. The zero-order valence-electron chi connectivity index (χ0n) is 11.4. The summed E-state index contributed by atoms with van der Waals surface area (Å²) >= 11 is 0. The third-order valence-corrected chi connectivity index (χ3v) is 3.11. The molecule has 0 saturated heterocycles. The molecular formula is C15H20N2O. The van der Waals surface area contributed by atoms with E-state index in [1.165, 1.54) is 5.56 Å². The van der Waals surface area contributed by atoms with Crippen LogP contribution in [0, 0.1) is 0 Å². The maximum absolute atomic E-state index is 9.48. The van der Waals surface area contributed by atoms with Gasteiger partial charge in [-0.3, -0.25) is 4.68 Å². The summed E-state index contributed by atoms with van der Waals surface area (Å²) in [4.78, 5) is 0. The number of hydrogen-bond donors (Lipinski definition) is 1. The molecule has 3 nitrogen and oxygen atoms in total. The van der Waals surface area contributed by atoms with Crippen LogP contribution in [-0.4, -0.2) is 14.9 Å². The minimum atomic E-state index is 0.0757. The van der Waals surface area contributed by atoms with Crippen LogP contribution in [0.25, 0.3) is 11.3 Å². The van der Waals surface area contributed by atoms with Crippen LogP contribution in [0.15, 0.2) is 30.3 Å². The van der Waals surface area contributed by atoms with Crippen LogP contribution in [0.5, 0.6) is 5.88 Å². The van der Waals surface area contributed by atoms with Crippen LogP contribution in [0.4, 0.5) is 0 Å². The number of hydrogen-bond acceptors (Lipinski definition) is 2. The van der Waals surface area contributed by atoms with Crippen molar-refractivity contribution in [2.24, 2.45) is 0 Å². The lowest BCUT2D eigenvalue weighted by Gasteiger charge is -2.19. The molecule has 0 aliphatic rings. The van der Waals surface area contributed by atoms with E-state index in [9.17, 15) is 5.11 Å². The summed E-state index contributed by atoms with van der Waals surface area (Å²) in [6.07, 6.45) is 0. The predicted molar refractivity (Wildman–Crippen MR) is 73.7 cm³/mol. The van der Waals surface area contributed by atoms with E-state index < -0.39 is 0 Å². The van der Waals surface area contributed by atoms with Gasteiger partial charge in [0, 0.05) is 12.6 Å². The minimum absolute atomic E-state index is 0.0757. The van der Waals surface area contributed by atoms with E-state index in [-0.39, 0.29) is 11.3 Å². The van der Waals surface area contributed by atoms with Crippen LogP contribution in [0.3, 0.4) is 0 Å². The molecule has 18 heavy (non-hydrogen) atoms. The Hall–Kier alpha value is -1.77. The first-order valence-electron chi connectivity index (χ1n) is 6.29. The standard InChI is InChI=1S/C15H20N2O/c1-5-17-13(10-14(18)16-17)11-6-8-12(9-7-11)15(2,3)4/h6-10H,5H2,1-4H3,(H,16,18). The van der Waals surface area contributed by atoms with Crippen molar-refractivity contribution in [3.63, 3.8) is 0 Å². The number of aryl methyl sites for hydroxylation is 1. The van der Waals surface area contributed by atoms with Crippen LogP contribution in [0.1, 0.15) is 33.3 Å². The highest BCUT2D eigenvalue weighted by molar-refractivity contribution is 5.61. The second-order valence-corrected chi connectivity index (χ2v) is 5.53. The number of aromatic hydroxyl groups is 1. The number of rotatable bonds is 2. The fourth-order valence-corrected chi connectivity index (χ4v) is 2.02. The Morgan fingerprint density at radius 2 is 1.78 bits per heavy atom. The Bertz CT molecular complexity index is 533. The van der Waals surface area contributed by atoms with Crippen molar-refractivity contribution in [1.82, 2.24) is 9.78 Å². The molecule has 0 radical (unpaired) electrons. The van der Waals surface area contributed by atoms with Gasteiger partial charge >= 0.3 is 0 Å². The largest absolute Gasteiger partial charge is 0.492 e. The second-order valence-electron chi connectivity index (χ2n) is 5.53. The van der Waals surface area contributed by atoms with E-state index >= 15 is 0 Å². The smallest absolute Gasteiger partial charge is 0.230 e. The molecule has 0 saturated carbocycles. The van der Waals surface area contributed by atoms with Gasteiger partial charge in [-0.1, -0.05) is 45.0 Å². The molecule has 2 rings (SSSR count). The molecule has 0 amide bonds. The van der Waals surface area contributed by atoms with E-state index in [0.717, 1.165) is 17.8 Å². The van der Waals surface area contributed by atoms with Crippen LogP contribution >= 0.6 is 0 Å². The lowest BCUT2D eigenvalue weighted by atomic mass is 9.86. The van der Waals surface area contributed by atoms with Crippen molar-refractivity contribution < 1.29 is 5.11 Å². The fraction of sp³-hybridized carbons (Fsp3) is 0.400. The molecule has 96 valence electrons. The van der Waals surface area contributed by atoms with Gasteiger partial charge in [0.1, 0.15) is 0 Å². The molecule has 0 aliphatic heterocycles. The minimum Gasteiger partial charge on any atom is -0.492 e. The SMILES string of the molecule is CCn1nc(O)cc1-c1ccc(C(C)(C)C)cc1. The average Bonchev–Trinajstić information content (AvgIpc) is 2.69. The summed E-state index contributed by atoms with van der Waals surface area (Å²) in [5, 5.41) is 13.5. The van der Waals surface area contributed by atoms with E-state index in [4.69, 9.17) is 0 Å².